The number of allylic oxidation sites excluding steroid dienone is 10. The van der Waals surface area contributed by atoms with Gasteiger partial charge >= 0.3 is 5.97 Å². The fraction of sp³-hybridized carbons (Fsp3) is 0.129. The summed E-state index contributed by atoms with van der Waals surface area (Å²) in [5.41, 5.74) is 4.26. The normalized spacial score (nSPS) is 17.4. The predicted molar refractivity (Wildman–Crippen MR) is 140 cm³/mol. The molecule has 0 radical (unpaired) electrons. The molecular formula is C31H25NO5. The van der Waals surface area contributed by atoms with Crippen molar-refractivity contribution in [1.29, 1.82) is 0 Å². The number of rotatable bonds is 6. The molecule has 2 aromatic carbocycles. The molecule has 5 rings (SSSR count). The minimum Gasteiger partial charge on any atom is -0.871 e. The van der Waals surface area contributed by atoms with Gasteiger partial charge in [0.25, 0.3) is 0 Å². The van der Waals surface area contributed by atoms with Crippen LogP contribution in [0.5, 0.6) is 5.75 Å². The second-order valence-electron chi connectivity index (χ2n) is 8.99. The molecular weight excluding hydrogens is 466 g/mol. The zero-order valence-corrected chi connectivity index (χ0v) is 20.3. The number of carbonyl (C=O) groups excluding carboxylic acids is 1. The number of nitrogens with zero attached hydrogens (tertiary/aromatic N) is 1. The zero-order chi connectivity index (χ0) is 25.9. The van der Waals surface area contributed by atoms with Crippen LogP contribution in [0.3, 0.4) is 0 Å². The van der Waals surface area contributed by atoms with Crippen molar-refractivity contribution >= 4 is 28.8 Å². The molecule has 1 N–H and O–H groups in total. The van der Waals surface area contributed by atoms with E-state index in [4.69, 9.17) is 9.84 Å². The third-order valence-corrected chi connectivity index (χ3v) is 6.49. The van der Waals surface area contributed by atoms with Crippen molar-refractivity contribution in [1.82, 2.24) is 0 Å². The van der Waals surface area contributed by atoms with E-state index in [0.717, 1.165) is 22.4 Å². The summed E-state index contributed by atoms with van der Waals surface area (Å²) in [6.45, 7) is 0.593. The van der Waals surface area contributed by atoms with E-state index in [0.29, 0.717) is 30.0 Å². The molecule has 1 aliphatic heterocycles. The van der Waals surface area contributed by atoms with Crippen LogP contribution in [0.25, 0.3) is 11.3 Å². The zero-order valence-electron chi connectivity index (χ0n) is 20.3. The Balaban J connectivity index is 1.44. The molecule has 2 aliphatic carbocycles. The van der Waals surface area contributed by atoms with Crippen molar-refractivity contribution in [3.05, 3.63) is 125 Å². The highest BCUT2D eigenvalue weighted by Crippen LogP contribution is 2.40. The van der Waals surface area contributed by atoms with Crippen LogP contribution in [0.4, 0.5) is 0 Å². The van der Waals surface area contributed by atoms with Gasteiger partial charge in [-0.15, -0.1) is 0 Å². The lowest BCUT2D eigenvalue weighted by Crippen LogP contribution is -2.30. The van der Waals surface area contributed by atoms with E-state index < -0.39 is 5.97 Å². The number of aliphatic carboxylic acids is 1. The first-order valence-corrected chi connectivity index (χ1v) is 12.0. The van der Waals surface area contributed by atoms with Gasteiger partial charge in [0.05, 0.1) is 6.42 Å². The van der Waals surface area contributed by atoms with Gasteiger partial charge in [-0.1, -0.05) is 54.3 Å². The van der Waals surface area contributed by atoms with Crippen molar-refractivity contribution in [2.45, 2.75) is 12.8 Å². The summed E-state index contributed by atoms with van der Waals surface area (Å²) < 4.78 is 8.04. The number of carbonyl (C=O) groups is 2. The van der Waals surface area contributed by atoms with Crippen LogP contribution in [-0.2, 0) is 9.59 Å². The van der Waals surface area contributed by atoms with Crippen LogP contribution >= 0.6 is 0 Å². The number of carboxylic acids is 1. The summed E-state index contributed by atoms with van der Waals surface area (Å²) in [7, 11) is 1.88. The number of ketones is 1. The second kappa shape index (κ2) is 10.1. The van der Waals surface area contributed by atoms with Crippen molar-refractivity contribution in [2.75, 3.05) is 13.6 Å². The van der Waals surface area contributed by atoms with Gasteiger partial charge in [-0.2, -0.15) is 0 Å². The van der Waals surface area contributed by atoms with Crippen LogP contribution in [0.15, 0.2) is 114 Å². The van der Waals surface area contributed by atoms with Crippen LogP contribution in [0.2, 0.25) is 0 Å². The van der Waals surface area contributed by atoms with Crippen molar-refractivity contribution in [2.24, 2.45) is 0 Å². The Morgan fingerprint density at radius 2 is 1.73 bits per heavy atom. The van der Waals surface area contributed by atoms with Gasteiger partial charge in [0.2, 0.25) is 0 Å². The second-order valence-corrected chi connectivity index (χ2v) is 8.99. The fourth-order valence-electron chi connectivity index (χ4n) is 4.47. The van der Waals surface area contributed by atoms with Gasteiger partial charge in [-0.3, -0.25) is 9.59 Å². The minimum absolute atomic E-state index is 0.107. The Morgan fingerprint density at radius 3 is 2.43 bits per heavy atom. The lowest BCUT2D eigenvalue weighted by atomic mass is 9.81. The van der Waals surface area contributed by atoms with Crippen LogP contribution in [0, 0.1) is 0 Å². The Kier molecular flexibility index (Phi) is 6.56. The summed E-state index contributed by atoms with van der Waals surface area (Å²) >= 11 is 0. The Bertz CT molecular complexity index is 1500. The molecule has 2 aromatic rings. The first-order chi connectivity index (χ1) is 17.9. The van der Waals surface area contributed by atoms with Gasteiger partial charge in [-0.25, -0.2) is 4.58 Å². The maximum absolute atomic E-state index is 13.1. The Labute approximate surface area is 214 Å². The molecule has 3 aliphatic rings. The molecule has 0 unspecified atom stereocenters. The molecule has 0 saturated carbocycles. The summed E-state index contributed by atoms with van der Waals surface area (Å²) in [6, 6.07) is 17.2. The predicted octanol–water partition coefficient (Wildman–Crippen LogP) is 4.07. The number of hydrogen-bond acceptors (Lipinski definition) is 4. The van der Waals surface area contributed by atoms with Crippen molar-refractivity contribution < 1.29 is 29.1 Å². The van der Waals surface area contributed by atoms with Gasteiger partial charge in [0.1, 0.15) is 25.1 Å². The van der Waals surface area contributed by atoms with Gasteiger partial charge in [0, 0.05) is 40.8 Å². The molecule has 0 saturated heterocycles. The van der Waals surface area contributed by atoms with E-state index in [1.165, 1.54) is 0 Å². The molecule has 0 aromatic heterocycles. The fourth-order valence-corrected chi connectivity index (χ4v) is 4.47. The van der Waals surface area contributed by atoms with E-state index in [1.54, 1.807) is 18.2 Å². The number of fused-ring (bicyclic) bond motifs is 1. The molecule has 0 amide bonds. The third kappa shape index (κ3) is 4.86. The van der Waals surface area contributed by atoms with Gasteiger partial charge in [-0.05, 0) is 41.5 Å². The standard InChI is InChI=1S/C31H25NO5/c1-32(17-7-12-28(33)34)23-15-13-21(14-16-23)29-30(35)25(31(29)36)18-22-19-27(20-8-3-2-4-9-20)37-26-11-6-5-10-24(22)26/h2-6,8-11,13-16,18-19H,7,12,17H2,1H3,(H-,33,34,35,36)/b22-18-. The van der Waals surface area contributed by atoms with Crippen LogP contribution < -0.4 is 9.84 Å². The Hall–Kier alpha value is -4.71. The van der Waals surface area contributed by atoms with Crippen LogP contribution in [-0.4, -0.2) is 40.7 Å². The summed E-state index contributed by atoms with van der Waals surface area (Å²) in [6.07, 6.45) is 11.3. The average molecular weight is 492 g/mol. The van der Waals surface area contributed by atoms with Gasteiger partial charge < -0.3 is 14.9 Å². The largest absolute Gasteiger partial charge is 0.871 e. The van der Waals surface area contributed by atoms with E-state index in [2.05, 4.69) is 0 Å². The van der Waals surface area contributed by atoms with Gasteiger partial charge in [0.15, 0.2) is 11.5 Å². The smallest absolute Gasteiger partial charge is 0.303 e. The quantitative estimate of drug-likeness (QED) is 0.486. The minimum atomic E-state index is -0.819. The Morgan fingerprint density at radius 1 is 1.03 bits per heavy atom. The van der Waals surface area contributed by atoms with E-state index in [1.807, 2.05) is 84.4 Å². The molecule has 0 spiro atoms. The maximum Gasteiger partial charge on any atom is 0.303 e. The molecule has 0 atom stereocenters. The molecule has 37 heavy (non-hydrogen) atoms. The number of benzene rings is 2. The van der Waals surface area contributed by atoms with Crippen LogP contribution in [0.1, 0.15) is 24.0 Å². The first kappa shape index (κ1) is 24.0. The SMILES string of the molecule is C[N+](CCCC(=O)O)=C1C=CC(=C2C(=O)C(/C=C3/C=C(c4ccccc4)Oc4ccccc43)=C2[O-])C=C1. The first-order valence-electron chi connectivity index (χ1n) is 12.0. The summed E-state index contributed by atoms with van der Waals surface area (Å²) in [5, 5.41) is 21.9. The number of ether oxygens (including phenoxy) is 1. The highest BCUT2D eigenvalue weighted by atomic mass is 16.5. The average Bonchev–Trinajstić information content (AvgIpc) is 2.92. The molecule has 184 valence electrons. The number of hydrogen-bond donors (Lipinski definition) is 1. The summed E-state index contributed by atoms with van der Waals surface area (Å²) in [5.74, 6) is -0.0579. The van der Waals surface area contributed by atoms with E-state index >= 15 is 0 Å². The number of Topliss-reactive ketones (excluding diaryl/α,β-unsaturated/α-hetero) is 1. The molecule has 6 nitrogen and oxygen atoms in total. The topological polar surface area (TPSA) is 89.7 Å². The highest BCUT2D eigenvalue weighted by molar-refractivity contribution is 6.23. The maximum atomic E-state index is 13.1. The van der Waals surface area contributed by atoms with E-state index in [-0.39, 0.29) is 29.1 Å². The molecule has 0 bridgehead atoms. The molecule has 1 heterocycles. The molecule has 6 heteroatoms. The monoisotopic (exact) mass is 491 g/mol. The molecule has 0 fully saturated rings. The summed E-state index contributed by atoms with van der Waals surface area (Å²) in [4.78, 5) is 23.8. The van der Waals surface area contributed by atoms with E-state index in [9.17, 15) is 14.7 Å². The number of carboxylic acid groups (broad SMARTS) is 1. The highest BCUT2D eigenvalue weighted by Gasteiger charge is 2.29. The lowest BCUT2D eigenvalue weighted by Gasteiger charge is -2.31. The number of para-hydroxylation sites is 1. The van der Waals surface area contributed by atoms with Crippen molar-refractivity contribution in [3.63, 3.8) is 0 Å². The lowest BCUT2D eigenvalue weighted by molar-refractivity contribution is -0.496. The van der Waals surface area contributed by atoms with Crippen molar-refractivity contribution in [3.8, 4) is 5.75 Å². The third-order valence-electron chi connectivity index (χ3n) is 6.49.